The van der Waals surface area contributed by atoms with Gasteiger partial charge in [-0.25, -0.2) is 17.5 Å². The number of urea groups is 1. The van der Waals surface area contributed by atoms with Gasteiger partial charge in [0.1, 0.15) is 0 Å². The van der Waals surface area contributed by atoms with Crippen molar-refractivity contribution in [3.05, 3.63) is 0 Å². The summed E-state index contributed by atoms with van der Waals surface area (Å²) in [6.45, 7) is 3.53. The van der Waals surface area contributed by atoms with E-state index >= 15 is 0 Å². The van der Waals surface area contributed by atoms with Gasteiger partial charge in [-0.05, 0) is 25.2 Å². The van der Waals surface area contributed by atoms with Crippen LogP contribution in [0.3, 0.4) is 0 Å². The van der Waals surface area contributed by atoms with E-state index in [1.165, 1.54) is 10.7 Å². The molecular weight excluding hydrogens is 278 g/mol. The maximum atomic E-state index is 11.8. The number of amides is 2. The van der Waals surface area contributed by atoms with Crippen molar-refractivity contribution in [1.29, 1.82) is 0 Å². The van der Waals surface area contributed by atoms with Crippen molar-refractivity contribution in [3.8, 4) is 0 Å². The fourth-order valence-electron chi connectivity index (χ4n) is 3.04. The Morgan fingerprint density at radius 2 is 2.10 bits per heavy atom. The summed E-state index contributed by atoms with van der Waals surface area (Å²) >= 11 is 0. The minimum absolute atomic E-state index is 0.180. The van der Waals surface area contributed by atoms with Gasteiger partial charge in [0.05, 0.1) is 5.75 Å². The first-order valence-corrected chi connectivity index (χ1v) is 9.10. The number of rotatable bonds is 4. The van der Waals surface area contributed by atoms with Crippen LogP contribution in [0.2, 0.25) is 0 Å². The van der Waals surface area contributed by atoms with E-state index in [9.17, 15) is 13.2 Å². The zero-order chi connectivity index (χ0) is 14.6. The molecule has 116 valence electrons. The van der Waals surface area contributed by atoms with Crippen LogP contribution < -0.4 is 10.6 Å². The first kappa shape index (κ1) is 15.6. The Hall–Kier alpha value is -0.820. The Morgan fingerprint density at radius 3 is 2.75 bits per heavy atom. The normalized spacial score (nSPS) is 30.1. The third-order valence-corrected chi connectivity index (χ3v) is 6.08. The number of sulfonamides is 1. The fraction of sp³-hybridized carbons (Fsp3) is 0.923. The molecule has 1 aliphatic carbocycles. The minimum atomic E-state index is -3.06. The molecule has 2 fully saturated rings. The maximum absolute atomic E-state index is 11.8. The van der Waals surface area contributed by atoms with Crippen molar-refractivity contribution in [1.82, 2.24) is 14.9 Å². The van der Waals surface area contributed by atoms with Crippen molar-refractivity contribution in [2.75, 3.05) is 25.4 Å². The molecular formula is C13H25N3O3S. The van der Waals surface area contributed by atoms with Gasteiger partial charge in [0.25, 0.3) is 0 Å². The van der Waals surface area contributed by atoms with Crippen LogP contribution in [0.5, 0.6) is 0 Å². The number of hydrogen-bond donors (Lipinski definition) is 2. The van der Waals surface area contributed by atoms with Crippen molar-refractivity contribution in [2.24, 2.45) is 5.92 Å². The van der Waals surface area contributed by atoms with Gasteiger partial charge >= 0.3 is 6.03 Å². The number of nitrogens with zero attached hydrogens (tertiary/aromatic N) is 1. The van der Waals surface area contributed by atoms with Crippen LogP contribution in [-0.4, -0.2) is 50.2 Å². The van der Waals surface area contributed by atoms with Crippen molar-refractivity contribution < 1.29 is 13.2 Å². The highest BCUT2D eigenvalue weighted by molar-refractivity contribution is 7.89. The topological polar surface area (TPSA) is 78.5 Å². The Morgan fingerprint density at radius 1 is 1.30 bits per heavy atom. The summed E-state index contributed by atoms with van der Waals surface area (Å²) in [6, 6.07) is 0.0787. The smallest absolute Gasteiger partial charge is 0.315 e. The standard InChI is InChI=1S/C13H25N3O3S/c1-11-4-2-5-12(10-11)15-13(17)14-6-8-16-7-3-9-20(16,18)19/h11-12H,2-10H2,1H3,(H2,14,15,17). The van der Waals surface area contributed by atoms with E-state index in [-0.39, 0.29) is 17.8 Å². The number of nitrogens with one attached hydrogen (secondary N) is 2. The second-order valence-corrected chi connectivity index (χ2v) is 8.03. The molecule has 2 unspecified atom stereocenters. The summed E-state index contributed by atoms with van der Waals surface area (Å²) in [4.78, 5) is 11.8. The molecule has 6 nitrogen and oxygen atoms in total. The molecule has 1 heterocycles. The highest BCUT2D eigenvalue weighted by Crippen LogP contribution is 2.23. The Kier molecular flexibility index (Phi) is 5.26. The van der Waals surface area contributed by atoms with Gasteiger partial charge in [-0.15, -0.1) is 0 Å². The molecule has 1 saturated carbocycles. The van der Waals surface area contributed by atoms with Crippen molar-refractivity contribution in [2.45, 2.75) is 45.1 Å². The van der Waals surface area contributed by atoms with Crippen LogP contribution in [-0.2, 0) is 10.0 Å². The second kappa shape index (κ2) is 6.76. The number of hydrogen-bond acceptors (Lipinski definition) is 3. The SMILES string of the molecule is CC1CCCC(NC(=O)NCCN2CCCS2(=O)=O)C1. The molecule has 2 amide bonds. The van der Waals surface area contributed by atoms with Gasteiger partial charge in [0.15, 0.2) is 0 Å². The lowest BCUT2D eigenvalue weighted by atomic mass is 9.87. The molecule has 0 aromatic rings. The minimum Gasteiger partial charge on any atom is -0.337 e. The third kappa shape index (κ3) is 4.34. The van der Waals surface area contributed by atoms with Gasteiger partial charge in [0, 0.05) is 25.7 Å². The Bertz CT molecular complexity index is 438. The third-order valence-electron chi connectivity index (χ3n) is 4.12. The molecule has 2 N–H and O–H groups in total. The lowest BCUT2D eigenvalue weighted by molar-refractivity contribution is 0.226. The van der Waals surface area contributed by atoms with Crippen LogP contribution in [0.4, 0.5) is 4.79 Å². The van der Waals surface area contributed by atoms with Gasteiger partial charge in [-0.2, -0.15) is 0 Å². The van der Waals surface area contributed by atoms with Gasteiger partial charge in [0.2, 0.25) is 10.0 Å². The fourth-order valence-corrected chi connectivity index (χ4v) is 4.57. The van der Waals surface area contributed by atoms with E-state index in [0.717, 1.165) is 19.3 Å². The summed E-state index contributed by atoms with van der Waals surface area (Å²) in [5.74, 6) is 0.905. The molecule has 7 heteroatoms. The summed E-state index contributed by atoms with van der Waals surface area (Å²) in [6.07, 6.45) is 5.17. The summed E-state index contributed by atoms with van der Waals surface area (Å²) < 4.78 is 24.6. The van der Waals surface area contributed by atoms with E-state index in [1.807, 2.05) is 0 Å². The summed E-state index contributed by atoms with van der Waals surface area (Å²) in [5.41, 5.74) is 0. The van der Waals surface area contributed by atoms with E-state index in [4.69, 9.17) is 0 Å². The largest absolute Gasteiger partial charge is 0.337 e. The molecule has 1 aliphatic heterocycles. The van der Waals surface area contributed by atoms with Gasteiger partial charge in [-0.1, -0.05) is 19.8 Å². The first-order chi connectivity index (χ1) is 9.47. The summed E-state index contributed by atoms with van der Waals surface area (Å²) in [7, 11) is -3.06. The van der Waals surface area contributed by atoms with Crippen LogP contribution in [0.25, 0.3) is 0 Å². The van der Waals surface area contributed by atoms with E-state index < -0.39 is 10.0 Å². The van der Waals surface area contributed by atoms with Gasteiger partial charge in [-0.3, -0.25) is 0 Å². The molecule has 2 aliphatic rings. The predicted octanol–water partition coefficient (Wildman–Crippen LogP) is 0.900. The van der Waals surface area contributed by atoms with Crippen molar-refractivity contribution in [3.63, 3.8) is 0 Å². The lowest BCUT2D eigenvalue weighted by Crippen LogP contribution is -2.46. The van der Waals surface area contributed by atoms with Crippen LogP contribution in [0, 0.1) is 5.92 Å². The van der Waals surface area contributed by atoms with E-state index in [1.54, 1.807) is 0 Å². The summed E-state index contributed by atoms with van der Waals surface area (Å²) in [5, 5.41) is 5.73. The molecule has 2 atom stereocenters. The van der Waals surface area contributed by atoms with E-state index in [2.05, 4.69) is 17.6 Å². The molecule has 2 rings (SSSR count). The first-order valence-electron chi connectivity index (χ1n) is 7.49. The van der Waals surface area contributed by atoms with Crippen LogP contribution in [0.1, 0.15) is 39.0 Å². The van der Waals surface area contributed by atoms with E-state index in [0.29, 0.717) is 32.0 Å². The quantitative estimate of drug-likeness (QED) is 0.810. The zero-order valence-corrected chi connectivity index (χ0v) is 12.9. The molecule has 1 saturated heterocycles. The Balaban J connectivity index is 1.65. The van der Waals surface area contributed by atoms with Crippen molar-refractivity contribution >= 4 is 16.1 Å². The second-order valence-electron chi connectivity index (χ2n) is 5.94. The average Bonchev–Trinajstić information content (AvgIpc) is 2.69. The van der Waals surface area contributed by atoms with Crippen LogP contribution in [0.15, 0.2) is 0 Å². The zero-order valence-electron chi connectivity index (χ0n) is 12.1. The number of carbonyl (C=O) groups is 1. The lowest BCUT2D eigenvalue weighted by Gasteiger charge is -2.27. The highest BCUT2D eigenvalue weighted by atomic mass is 32.2. The van der Waals surface area contributed by atoms with Crippen LogP contribution >= 0.6 is 0 Å². The maximum Gasteiger partial charge on any atom is 0.315 e. The molecule has 0 spiro atoms. The predicted molar refractivity (Wildman–Crippen MR) is 77.9 cm³/mol. The Labute approximate surface area is 121 Å². The number of carbonyl (C=O) groups excluding carboxylic acids is 1. The monoisotopic (exact) mass is 303 g/mol. The molecule has 20 heavy (non-hydrogen) atoms. The molecule has 0 aromatic heterocycles. The molecule has 0 bridgehead atoms. The molecule has 0 aromatic carbocycles. The molecule has 0 radical (unpaired) electrons. The average molecular weight is 303 g/mol. The highest BCUT2D eigenvalue weighted by Gasteiger charge is 2.27. The van der Waals surface area contributed by atoms with Gasteiger partial charge < -0.3 is 10.6 Å².